The van der Waals surface area contributed by atoms with Crippen LogP contribution in [0.15, 0.2) is 10.6 Å². The summed E-state index contributed by atoms with van der Waals surface area (Å²) in [5.41, 5.74) is 5.45. The monoisotopic (exact) mass is 190 g/mol. The molecule has 0 aromatic heterocycles. The first-order valence-electron chi connectivity index (χ1n) is 3.47. The van der Waals surface area contributed by atoms with Crippen LogP contribution < -0.4 is 10.9 Å². The molecule has 1 rings (SSSR count). The molecule has 0 bridgehead atoms. The second kappa shape index (κ2) is 2.87. The maximum atomic E-state index is 11.1. The number of allylic oxidation sites excluding steroid dienone is 2. The molecule has 0 atom stereocenters. The van der Waals surface area contributed by atoms with Crippen molar-refractivity contribution in [1.29, 1.82) is 0 Å². The number of sulfonamides is 1. The molecular formula is C6H10N2O3S. The molecule has 68 valence electrons. The summed E-state index contributed by atoms with van der Waals surface area (Å²) >= 11 is 0. The van der Waals surface area contributed by atoms with Crippen LogP contribution >= 0.6 is 0 Å². The van der Waals surface area contributed by atoms with E-state index in [-0.39, 0.29) is 12.1 Å². The second-order valence-corrected chi connectivity index (χ2v) is 4.17. The van der Waals surface area contributed by atoms with Gasteiger partial charge in [0.2, 0.25) is 10.0 Å². The number of carbonyl (C=O) groups excluding carboxylic acids is 1. The summed E-state index contributed by atoms with van der Waals surface area (Å²) < 4.78 is 21.7. The summed E-state index contributed by atoms with van der Waals surface area (Å²) in [5.74, 6) is -0.471. The van der Waals surface area contributed by atoms with Gasteiger partial charge in [-0.2, -0.15) is 0 Å². The highest BCUT2D eigenvalue weighted by atomic mass is 32.2. The molecule has 0 aromatic carbocycles. The molecule has 1 aliphatic carbocycles. The molecule has 0 saturated heterocycles. The standard InChI is InChI=1S/C6H10N2O3S/c7-4-2-1-3-5(9)6(4)12(8,10)11/h1-3,7H2,(H2,8,10,11). The maximum absolute atomic E-state index is 11.1. The van der Waals surface area contributed by atoms with Gasteiger partial charge in [-0.15, -0.1) is 0 Å². The van der Waals surface area contributed by atoms with Gasteiger partial charge >= 0.3 is 0 Å². The van der Waals surface area contributed by atoms with Gasteiger partial charge in [0.1, 0.15) is 4.91 Å². The molecular weight excluding hydrogens is 180 g/mol. The van der Waals surface area contributed by atoms with E-state index in [4.69, 9.17) is 10.9 Å². The number of Topliss-reactive ketones (excluding diaryl/α,β-unsaturated/α-hetero) is 1. The van der Waals surface area contributed by atoms with Crippen LogP contribution in [-0.4, -0.2) is 14.2 Å². The van der Waals surface area contributed by atoms with Crippen molar-refractivity contribution >= 4 is 15.8 Å². The molecule has 5 nitrogen and oxygen atoms in total. The molecule has 0 amide bonds. The number of nitrogens with two attached hydrogens (primary N) is 2. The number of rotatable bonds is 1. The molecule has 6 heteroatoms. The Morgan fingerprint density at radius 1 is 1.25 bits per heavy atom. The minimum atomic E-state index is -3.92. The average molecular weight is 190 g/mol. The first-order valence-corrected chi connectivity index (χ1v) is 5.02. The van der Waals surface area contributed by atoms with Crippen LogP contribution in [0.1, 0.15) is 19.3 Å². The second-order valence-electron chi connectivity index (χ2n) is 2.68. The smallest absolute Gasteiger partial charge is 0.243 e. The normalized spacial score (nSPS) is 19.9. The van der Waals surface area contributed by atoms with Crippen molar-refractivity contribution in [1.82, 2.24) is 0 Å². The van der Waals surface area contributed by atoms with E-state index in [1.54, 1.807) is 0 Å². The van der Waals surface area contributed by atoms with Gasteiger partial charge in [-0.05, 0) is 12.8 Å². The maximum Gasteiger partial charge on any atom is 0.243 e. The highest BCUT2D eigenvalue weighted by Gasteiger charge is 2.27. The Labute approximate surface area is 70.5 Å². The number of hydrogen-bond acceptors (Lipinski definition) is 4. The molecule has 0 aromatic rings. The first-order chi connectivity index (χ1) is 5.43. The van der Waals surface area contributed by atoms with Crippen molar-refractivity contribution in [3.63, 3.8) is 0 Å². The van der Waals surface area contributed by atoms with E-state index in [0.717, 1.165) is 0 Å². The molecule has 0 radical (unpaired) electrons. The molecule has 1 aliphatic rings. The van der Waals surface area contributed by atoms with Gasteiger partial charge in [-0.1, -0.05) is 0 Å². The zero-order valence-corrected chi connectivity index (χ0v) is 7.23. The lowest BCUT2D eigenvalue weighted by Crippen LogP contribution is -2.27. The van der Waals surface area contributed by atoms with E-state index in [1.807, 2.05) is 0 Å². The Bertz CT molecular complexity index is 342. The summed E-state index contributed by atoms with van der Waals surface area (Å²) in [6, 6.07) is 0. The van der Waals surface area contributed by atoms with E-state index < -0.39 is 20.7 Å². The van der Waals surface area contributed by atoms with Gasteiger partial charge in [0.15, 0.2) is 5.78 Å². The lowest BCUT2D eigenvalue weighted by molar-refractivity contribution is -0.115. The molecule has 0 fully saturated rings. The number of carbonyl (C=O) groups is 1. The quantitative estimate of drug-likeness (QED) is 0.564. The van der Waals surface area contributed by atoms with Crippen molar-refractivity contribution in [3.05, 3.63) is 10.6 Å². The van der Waals surface area contributed by atoms with Crippen molar-refractivity contribution in [3.8, 4) is 0 Å². The third kappa shape index (κ3) is 1.64. The van der Waals surface area contributed by atoms with Crippen molar-refractivity contribution < 1.29 is 13.2 Å². The fourth-order valence-corrected chi connectivity index (χ4v) is 2.07. The van der Waals surface area contributed by atoms with Gasteiger partial charge < -0.3 is 5.73 Å². The van der Waals surface area contributed by atoms with E-state index in [9.17, 15) is 13.2 Å². The van der Waals surface area contributed by atoms with E-state index >= 15 is 0 Å². The Kier molecular flexibility index (Phi) is 2.20. The highest BCUT2D eigenvalue weighted by Crippen LogP contribution is 2.20. The third-order valence-electron chi connectivity index (χ3n) is 1.68. The minimum absolute atomic E-state index is 0.0914. The molecule has 0 heterocycles. The summed E-state index contributed by atoms with van der Waals surface area (Å²) in [4.78, 5) is 10.7. The predicted octanol–water partition coefficient (Wildman–Crippen LogP) is -0.802. The van der Waals surface area contributed by atoms with Crippen molar-refractivity contribution in [2.75, 3.05) is 0 Å². The SMILES string of the molecule is NC1=C(S(N)(=O)=O)C(=O)CCC1. The van der Waals surface area contributed by atoms with Crippen LogP contribution in [0.4, 0.5) is 0 Å². The minimum Gasteiger partial charge on any atom is -0.401 e. The molecule has 4 N–H and O–H groups in total. The fourth-order valence-electron chi connectivity index (χ4n) is 1.19. The van der Waals surface area contributed by atoms with Crippen LogP contribution in [0.3, 0.4) is 0 Å². The van der Waals surface area contributed by atoms with Crippen molar-refractivity contribution in [2.24, 2.45) is 10.9 Å². The third-order valence-corrected chi connectivity index (χ3v) is 2.74. The summed E-state index contributed by atoms with van der Waals surface area (Å²) in [7, 11) is -3.92. The Balaban J connectivity index is 3.23. The van der Waals surface area contributed by atoms with Crippen LogP contribution in [0, 0.1) is 0 Å². The topological polar surface area (TPSA) is 103 Å². The van der Waals surface area contributed by atoms with E-state index in [0.29, 0.717) is 12.8 Å². The molecule has 12 heavy (non-hydrogen) atoms. The number of primary sulfonamides is 1. The summed E-state index contributed by atoms with van der Waals surface area (Å²) in [6.45, 7) is 0. The zero-order valence-electron chi connectivity index (χ0n) is 6.41. The van der Waals surface area contributed by atoms with Crippen LogP contribution in [0.25, 0.3) is 0 Å². The molecule has 0 aliphatic heterocycles. The van der Waals surface area contributed by atoms with E-state index in [1.165, 1.54) is 0 Å². The largest absolute Gasteiger partial charge is 0.401 e. The van der Waals surface area contributed by atoms with Gasteiger partial charge in [0, 0.05) is 12.1 Å². The number of hydrogen-bond donors (Lipinski definition) is 2. The molecule has 0 saturated carbocycles. The van der Waals surface area contributed by atoms with Gasteiger partial charge in [-0.25, -0.2) is 13.6 Å². The fraction of sp³-hybridized carbons (Fsp3) is 0.500. The Hall–Kier alpha value is -0.880. The van der Waals surface area contributed by atoms with Crippen LogP contribution in [-0.2, 0) is 14.8 Å². The summed E-state index contributed by atoms with van der Waals surface area (Å²) in [6.07, 6.45) is 1.24. The van der Waals surface area contributed by atoms with Crippen molar-refractivity contribution in [2.45, 2.75) is 19.3 Å². The number of ketones is 1. The average Bonchev–Trinajstić information content (AvgIpc) is 1.82. The lowest BCUT2D eigenvalue weighted by atomic mass is 10.0. The molecule has 0 unspecified atom stereocenters. The summed E-state index contributed by atoms with van der Waals surface area (Å²) in [5, 5.41) is 4.80. The van der Waals surface area contributed by atoms with Gasteiger partial charge in [0.05, 0.1) is 0 Å². The highest BCUT2D eigenvalue weighted by molar-refractivity contribution is 7.94. The molecule has 0 spiro atoms. The Morgan fingerprint density at radius 2 is 1.83 bits per heavy atom. The van der Waals surface area contributed by atoms with E-state index in [2.05, 4.69) is 0 Å². The predicted molar refractivity (Wildman–Crippen MR) is 43.2 cm³/mol. The van der Waals surface area contributed by atoms with Gasteiger partial charge in [0.25, 0.3) is 0 Å². The lowest BCUT2D eigenvalue weighted by Gasteiger charge is -2.13. The van der Waals surface area contributed by atoms with Crippen LogP contribution in [0.5, 0.6) is 0 Å². The van der Waals surface area contributed by atoms with Gasteiger partial charge in [-0.3, -0.25) is 4.79 Å². The zero-order chi connectivity index (χ0) is 9.35. The first kappa shape index (κ1) is 9.21. The Morgan fingerprint density at radius 3 is 2.17 bits per heavy atom. The van der Waals surface area contributed by atoms with Crippen LogP contribution in [0.2, 0.25) is 0 Å².